The van der Waals surface area contributed by atoms with Gasteiger partial charge < -0.3 is 11.1 Å². The molecule has 0 unspecified atom stereocenters. The molecule has 2 aromatic rings. The molecule has 0 bridgehead atoms. The second kappa shape index (κ2) is 7.67. The highest BCUT2D eigenvalue weighted by molar-refractivity contribution is 5.85. The first-order valence-electron chi connectivity index (χ1n) is 7.95. The first-order chi connectivity index (χ1) is 11.1. The fourth-order valence-electron chi connectivity index (χ4n) is 2.90. The van der Waals surface area contributed by atoms with Gasteiger partial charge in [0.2, 0.25) is 5.91 Å². The van der Waals surface area contributed by atoms with Gasteiger partial charge in [-0.15, -0.1) is 12.4 Å². The summed E-state index contributed by atoms with van der Waals surface area (Å²) in [6.45, 7) is 0.569. The van der Waals surface area contributed by atoms with E-state index in [9.17, 15) is 9.18 Å². The molecule has 0 radical (unpaired) electrons. The molecule has 0 aromatic heterocycles. The van der Waals surface area contributed by atoms with Gasteiger partial charge >= 0.3 is 0 Å². The highest BCUT2D eigenvalue weighted by Crippen LogP contribution is 2.47. The Bertz CT molecular complexity index is 716. The van der Waals surface area contributed by atoms with Crippen LogP contribution in [0.3, 0.4) is 0 Å². The monoisotopic (exact) mass is 348 g/mol. The zero-order valence-electron chi connectivity index (χ0n) is 13.4. The van der Waals surface area contributed by atoms with E-state index >= 15 is 0 Å². The maximum Gasteiger partial charge on any atom is 0.220 e. The Morgan fingerprint density at radius 1 is 1.17 bits per heavy atom. The molecule has 24 heavy (non-hydrogen) atoms. The third-order valence-corrected chi connectivity index (χ3v) is 4.59. The third kappa shape index (κ3) is 4.26. The number of hydrogen-bond acceptors (Lipinski definition) is 2. The second-order valence-electron chi connectivity index (χ2n) is 6.27. The standard InChI is InChI=1S/C19H21FN2O.ClH/c20-16-6-3-5-15(12-16)19(10-11-19)13-22-18(23)9-8-14-4-1-2-7-17(14)21;/h1-7,12H,8-11,13,21H2,(H,22,23);1H. The number of carbonyl (C=O) groups excluding carboxylic acids is 1. The average Bonchev–Trinajstić information content (AvgIpc) is 3.33. The molecule has 0 aliphatic heterocycles. The Morgan fingerprint density at radius 2 is 1.92 bits per heavy atom. The number of benzene rings is 2. The van der Waals surface area contributed by atoms with Crippen LogP contribution in [0.1, 0.15) is 30.4 Å². The minimum Gasteiger partial charge on any atom is -0.399 e. The number of nitrogens with two attached hydrogens (primary N) is 1. The van der Waals surface area contributed by atoms with Crippen LogP contribution in [0.25, 0.3) is 0 Å². The minimum atomic E-state index is -0.223. The van der Waals surface area contributed by atoms with Gasteiger partial charge in [-0.05, 0) is 48.6 Å². The fourth-order valence-corrected chi connectivity index (χ4v) is 2.90. The Labute approximate surface area is 147 Å². The number of para-hydroxylation sites is 1. The van der Waals surface area contributed by atoms with Gasteiger partial charge in [-0.1, -0.05) is 30.3 Å². The molecular weight excluding hydrogens is 327 g/mol. The van der Waals surface area contributed by atoms with Crippen LogP contribution in [0.5, 0.6) is 0 Å². The van der Waals surface area contributed by atoms with E-state index in [0.29, 0.717) is 19.4 Å². The van der Waals surface area contributed by atoms with Gasteiger partial charge in [0.15, 0.2) is 0 Å². The predicted octanol–water partition coefficient (Wildman–Crippen LogP) is 3.61. The van der Waals surface area contributed by atoms with Crippen LogP contribution in [-0.2, 0) is 16.6 Å². The zero-order chi connectivity index (χ0) is 16.3. The lowest BCUT2D eigenvalue weighted by molar-refractivity contribution is -0.121. The smallest absolute Gasteiger partial charge is 0.220 e. The van der Waals surface area contributed by atoms with Crippen molar-refractivity contribution in [1.29, 1.82) is 0 Å². The first-order valence-corrected chi connectivity index (χ1v) is 7.95. The van der Waals surface area contributed by atoms with E-state index in [-0.39, 0.29) is 29.5 Å². The third-order valence-electron chi connectivity index (χ3n) is 4.59. The van der Waals surface area contributed by atoms with Crippen LogP contribution in [0, 0.1) is 5.82 Å². The van der Waals surface area contributed by atoms with Crippen molar-refractivity contribution in [3.8, 4) is 0 Å². The second-order valence-corrected chi connectivity index (χ2v) is 6.27. The Hall–Kier alpha value is -2.07. The average molecular weight is 349 g/mol. The van der Waals surface area contributed by atoms with Gasteiger partial charge in [0, 0.05) is 24.1 Å². The van der Waals surface area contributed by atoms with Gasteiger partial charge in [0.05, 0.1) is 0 Å². The van der Waals surface area contributed by atoms with Gasteiger partial charge in [-0.3, -0.25) is 4.79 Å². The summed E-state index contributed by atoms with van der Waals surface area (Å²) in [7, 11) is 0. The van der Waals surface area contributed by atoms with E-state index in [0.717, 1.165) is 29.7 Å². The molecule has 1 aliphatic rings. The topological polar surface area (TPSA) is 55.1 Å². The highest BCUT2D eigenvalue weighted by atomic mass is 35.5. The molecule has 1 amide bonds. The van der Waals surface area contributed by atoms with Crippen molar-refractivity contribution in [2.24, 2.45) is 0 Å². The summed E-state index contributed by atoms with van der Waals surface area (Å²) in [6.07, 6.45) is 3.02. The van der Waals surface area contributed by atoms with Crippen molar-refractivity contribution in [3.63, 3.8) is 0 Å². The summed E-state index contributed by atoms with van der Waals surface area (Å²) in [4.78, 5) is 12.1. The number of rotatable bonds is 6. The van der Waals surface area contributed by atoms with E-state index < -0.39 is 0 Å². The number of carbonyl (C=O) groups is 1. The largest absolute Gasteiger partial charge is 0.399 e. The van der Waals surface area contributed by atoms with Gasteiger partial charge in [0.25, 0.3) is 0 Å². The number of halogens is 2. The molecule has 3 N–H and O–H groups in total. The number of amides is 1. The molecule has 3 rings (SSSR count). The van der Waals surface area contributed by atoms with Crippen molar-refractivity contribution < 1.29 is 9.18 Å². The molecule has 0 saturated heterocycles. The van der Waals surface area contributed by atoms with Crippen LogP contribution in [0.2, 0.25) is 0 Å². The lowest BCUT2D eigenvalue weighted by atomic mass is 9.95. The SMILES string of the molecule is Cl.Nc1ccccc1CCC(=O)NCC1(c2cccc(F)c2)CC1. The predicted molar refractivity (Wildman–Crippen MR) is 96.7 cm³/mol. The molecule has 2 aromatic carbocycles. The summed E-state index contributed by atoms with van der Waals surface area (Å²) in [5, 5.41) is 2.99. The van der Waals surface area contributed by atoms with Gasteiger partial charge in [-0.25, -0.2) is 4.39 Å². The fraction of sp³-hybridized carbons (Fsp3) is 0.316. The van der Waals surface area contributed by atoms with Crippen molar-refractivity contribution in [2.75, 3.05) is 12.3 Å². The van der Waals surface area contributed by atoms with Crippen molar-refractivity contribution in [1.82, 2.24) is 5.32 Å². The van der Waals surface area contributed by atoms with E-state index in [1.54, 1.807) is 12.1 Å². The Morgan fingerprint density at radius 3 is 2.58 bits per heavy atom. The van der Waals surface area contributed by atoms with E-state index in [1.807, 2.05) is 30.3 Å². The van der Waals surface area contributed by atoms with Crippen molar-refractivity contribution >= 4 is 24.0 Å². The molecule has 3 nitrogen and oxygen atoms in total. The lowest BCUT2D eigenvalue weighted by Crippen LogP contribution is -2.32. The summed E-state index contributed by atoms with van der Waals surface area (Å²) in [5.74, 6) is -0.212. The maximum atomic E-state index is 13.4. The summed E-state index contributed by atoms with van der Waals surface area (Å²) in [5.41, 5.74) is 8.50. The number of nitrogen functional groups attached to an aromatic ring is 1. The minimum absolute atomic E-state index is 0. The normalized spacial score (nSPS) is 14.5. The zero-order valence-corrected chi connectivity index (χ0v) is 14.2. The van der Waals surface area contributed by atoms with Gasteiger partial charge in [0.1, 0.15) is 5.82 Å². The molecular formula is C19H22ClFN2O. The van der Waals surface area contributed by atoms with E-state index in [2.05, 4.69) is 5.32 Å². The Balaban J connectivity index is 0.00000208. The number of hydrogen-bond donors (Lipinski definition) is 2. The number of anilines is 1. The summed E-state index contributed by atoms with van der Waals surface area (Å²) in [6, 6.07) is 14.3. The van der Waals surface area contributed by atoms with Crippen LogP contribution in [0.15, 0.2) is 48.5 Å². The van der Waals surface area contributed by atoms with Crippen LogP contribution < -0.4 is 11.1 Å². The molecule has 0 spiro atoms. The molecule has 0 atom stereocenters. The lowest BCUT2D eigenvalue weighted by Gasteiger charge is -2.17. The van der Waals surface area contributed by atoms with Crippen molar-refractivity contribution in [2.45, 2.75) is 31.1 Å². The van der Waals surface area contributed by atoms with Crippen LogP contribution in [-0.4, -0.2) is 12.5 Å². The molecule has 1 fully saturated rings. The summed E-state index contributed by atoms with van der Waals surface area (Å²) >= 11 is 0. The maximum absolute atomic E-state index is 13.4. The molecule has 1 aliphatic carbocycles. The quantitative estimate of drug-likeness (QED) is 0.783. The first kappa shape index (κ1) is 18.3. The number of nitrogens with one attached hydrogen (secondary N) is 1. The number of aryl methyl sites for hydroxylation is 1. The molecule has 1 saturated carbocycles. The van der Waals surface area contributed by atoms with Crippen LogP contribution in [0.4, 0.5) is 10.1 Å². The Kier molecular flexibility index (Phi) is 5.84. The summed E-state index contributed by atoms with van der Waals surface area (Å²) < 4.78 is 13.4. The van der Waals surface area contributed by atoms with Crippen molar-refractivity contribution in [3.05, 3.63) is 65.5 Å². The molecule has 0 heterocycles. The van der Waals surface area contributed by atoms with E-state index in [4.69, 9.17) is 5.73 Å². The van der Waals surface area contributed by atoms with E-state index in [1.165, 1.54) is 6.07 Å². The molecule has 5 heteroatoms. The molecule has 128 valence electrons. The van der Waals surface area contributed by atoms with Crippen LogP contribution >= 0.6 is 12.4 Å². The highest BCUT2D eigenvalue weighted by Gasteiger charge is 2.44. The van der Waals surface area contributed by atoms with Gasteiger partial charge in [-0.2, -0.15) is 0 Å².